The summed E-state index contributed by atoms with van der Waals surface area (Å²) in [6, 6.07) is 0. The highest BCUT2D eigenvalue weighted by Crippen LogP contribution is 2.53. The Hall–Kier alpha value is -0.300. The van der Waals surface area contributed by atoms with Crippen LogP contribution in [0.25, 0.3) is 0 Å². The van der Waals surface area contributed by atoms with Gasteiger partial charge in [-0.05, 0) is 31.6 Å². The molecule has 2 aliphatic rings. The van der Waals surface area contributed by atoms with Crippen molar-refractivity contribution in [3.63, 3.8) is 0 Å². The van der Waals surface area contributed by atoms with Crippen LogP contribution in [-0.4, -0.2) is 11.2 Å². The number of aliphatic hydroxyl groups excluding tert-OH is 1. The van der Waals surface area contributed by atoms with Crippen LogP contribution in [-0.2, 0) is 0 Å². The molecule has 2 bridgehead atoms. The Morgan fingerprint density at radius 3 is 2.55 bits per heavy atom. The van der Waals surface area contributed by atoms with Crippen molar-refractivity contribution in [2.45, 2.75) is 32.8 Å². The number of fused-ring (bicyclic) bond motifs is 2. The van der Waals surface area contributed by atoms with Crippen LogP contribution in [0.15, 0.2) is 12.2 Å². The first-order chi connectivity index (χ1) is 5.13. The number of hydrogen-bond acceptors (Lipinski definition) is 1. The molecular weight excluding hydrogens is 136 g/mol. The standard InChI is InChI=1S/C10H16O/c1-7(11)10(2)6-8-3-4-9(10)5-8/h3-4,7-9,11H,5-6H2,1-2H3/t7?,8-,9+,10-/m1/s1. The van der Waals surface area contributed by atoms with Crippen LogP contribution in [0.1, 0.15) is 26.7 Å². The van der Waals surface area contributed by atoms with Crippen LogP contribution in [0.4, 0.5) is 0 Å². The third-order valence-electron chi connectivity index (χ3n) is 3.68. The Morgan fingerprint density at radius 2 is 2.27 bits per heavy atom. The molecule has 1 saturated carbocycles. The first-order valence-corrected chi connectivity index (χ1v) is 4.49. The summed E-state index contributed by atoms with van der Waals surface area (Å²) in [6.45, 7) is 4.14. The van der Waals surface area contributed by atoms with E-state index in [1.165, 1.54) is 12.8 Å². The van der Waals surface area contributed by atoms with Crippen molar-refractivity contribution in [1.29, 1.82) is 0 Å². The maximum atomic E-state index is 9.60. The summed E-state index contributed by atoms with van der Waals surface area (Å²) in [4.78, 5) is 0. The number of allylic oxidation sites excluding steroid dienone is 2. The van der Waals surface area contributed by atoms with Gasteiger partial charge in [-0.15, -0.1) is 0 Å². The van der Waals surface area contributed by atoms with Gasteiger partial charge in [-0.1, -0.05) is 19.1 Å². The first kappa shape index (κ1) is 7.35. The van der Waals surface area contributed by atoms with Gasteiger partial charge in [0.1, 0.15) is 0 Å². The van der Waals surface area contributed by atoms with Crippen LogP contribution >= 0.6 is 0 Å². The summed E-state index contributed by atoms with van der Waals surface area (Å²) in [5, 5.41) is 9.60. The van der Waals surface area contributed by atoms with E-state index in [1.807, 2.05) is 6.92 Å². The molecule has 62 valence electrons. The molecule has 1 unspecified atom stereocenters. The van der Waals surface area contributed by atoms with Gasteiger partial charge < -0.3 is 5.11 Å². The number of aliphatic hydroxyl groups is 1. The Balaban J connectivity index is 2.24. The second-order valence-electron chi connectivity index (χ2n) is 4.37. The monoisotopic (exact) mass is 152 g/mol. The Morgan fingerprint density at radius 1 is 1.55 bits per heavy atom. The minimum Gasteiger partial charge on any atom is -0.393 e. The summed E-state index contributed by atoms with van der Waals surface area (Å²) in [5.41, 5.74) is 0.180. The molecule has 2 aliphatic carbocycles. The molecule has 0 aromatic carbocycles. The van der Waals surface area contributed by atoms with E-state index in [1.54, 1.807) is 0 Å². The zero-order valence-electron chi connectivity index (χ0n) is 7.25. The van der Waals surface area contributed by atoms with E-state index in [0.717, 1.165) is 5.92 Å². The lowest BCUT2D eigenvalue weighted by atomic mass is 9.74. The lowest BCUT2D eigenvalue weighted by molar-refractivity contribution is 0.0328. The topological polar surface area (TPSA) is 20.2 Å². The Bertz CT molecular complexity index is 195. The van der Waals surface area contributed by atoms with Gasteiger partial charge in [0.25, 0.3) is 0 Å². The van der Waals surface area contributed by atoms with E-state index in [9.17, 15) is 5.11 Å². The summed E-state index contributed by atoms with van der Waals surface area (Å²) in [7, 11) is 0. The van der Waals surface area contributed by atoms with Gasteiger partial charge in [-0.25, -0.2) is 0 Å². The second kappa shape index (κ2) is 2.10. The third kappa shape index (κ3) is 0.871. The first-order valence-electron chi connectivity index (χ1n) is 4.49. The molecular formula is C10H16O. The third-order valence-corrected chi connectivity index (χ3v) is 3.68. The highest BCUT2D eigenvalue weighted by molar-refractivity contribution is 5.15. The SMILES string of the molecule is CC(O)[C@@]1(C)C[C@@H]2C=C[C@H]1C2. The van der Waals surface area contributed by atoms with E-state index >= 15 is 0 Å². The summed E-state index contributed by atoms with van der Waals surface area (Å²) in [5.74, 6) is 1.41. The molecule has 0 amide bonds. The lowest BCUT2D eigenvalue weighted by Gasteiger charge is -2.34. The minimum atomic E-state index is -0.151. The second-order valence-corrected chi connectivity index (χ2v) is 4.37. The van der Waals surface area contributed by atoms with Gasteiger partial charge in [0.05, 0.1) is 6.10 Å². The summed E-state index contributed by atoms with van der Waals surface area (Å²) in [6.07, 6.45) is 6.92. The van der Waals surface area contributed by atoms with Gasteiger partial charge in [0.2, 0.25) is 0 Å². The molecule has 2 rings (SSSR count). The molecule has 1 fully saturated rings. The fraction of sp³-hybridized carbons (Fsp3) is 0.800. The van der Waals surface area contributed by atoms with Crippen molar-refractivity contribution in [1.82, 2.24) is 0 Å². The maximum Gasteiger partial charge on any atom is 0.0571 e. The van der Waals surface area contributed by atoms with Crippen LogP contribution in [0.2, 0.25) is 0 Å². The predicted molar refractivity (Wildman–Crippen MR) is 45.1 cm³/mol. The largest absolute Gasteiger partial charge is 0.393 e. The molecule has 0 aliphatic heterocycles. The van der Waals surface area contributed by atoms with E-state index in [0.29, 0.717) is 5.92 Å². The quantitative estimate of drug-likeness (QED) is 0.569. The predicted octanol–water partition coefficient (Wildman–Crippen LogP) is 1.97. The van der Waals surface area contributed by atoms with Gasteiger partial charge in [0, 0.05) is 5.41 Å². The molecule has 4 atom stereocenters. The zero-order valence-corrected chi connectivity index (χ0v) is 7.25. The lowest BCUT2D eigenvalue weighted by Crippen LogP contribution is -2.33. The molecule has 0 spiro atoms. The summed E-state index contributed by atoms with van der Waals surface area (Å²) >= 11 is 0. The van der Waals surface area contributed by atoms with E-state index in [-0.39, 0.29) is 11.5 Å². The van der Waals surface area contributed by atoms with Gasteiger partial charge in [0.15, 0.2) is 0 Å². The molecule has 11 heavy (non-hydrogen) atoms. The fourth-order valence-corrected chi connectivity index (χ4v) is 2.61. The van der Waals surface area contributed by atoms with Crippen LogP contribution in [0.3, 0.4) is 0 Å². The molecule has 0 radical (unpaired) electrons. The Labute approximate surface area is 68.1 Å². The normalized spacial score (nSPS) is 50.1. The van der Waals surface area contributed by atoms with Crippen LogP contribution in [0.5, 0.6) is 0 Å². The van der Waals surface area contributed by atoms with E-state index in [4.69, 9.17) is 0 Å². The van der Waals surface area contributed by atoms with E-state index in [2.05, 4.69) is 19.1 Å². The van der Waals surface area contributed by atoms with Crippen LogP contribution in [0, 0.1) is 17.3 Å². The van der Waals surface area contributed by atoms with Crippen LogP contribution < -0.4 is 0 Å². The molecule has 0 aromatic rings. The van der Waals surface area contributed by atoms with Crippen molar-refractivity contribution in [3.05, 3.63) is 12.2 Å². The molecule has 0 saturated heterocycles. The van der Waals surface area contributed by atoms with Gasteiger partial charge in [-0.2, -0.15) is 0 Å². The highest BCUT2D eigenvalue weighted by Gasteiger charge is 2.47. The summed E-state index contributed by atoms with van der Waals surface area (Å²) < 4.78 is 0. The fourth-order valence-electron chi connectivity index (χ4n) is 2.61. The van der Waals surface area contributed by atoms with Crippen molar-refractivity contribution >= 4 is 0 Å². The zero-order chi connectivity index (χ0) is 8.06. The van der Waals surface area contributed by atoms with Crippen molar-refractivity contribution < 1.29 is 5.11 Å². The highest BCUT2D eigenvalue weighted by atomic mass is 16.3. The van der Waals surface area contributed by atoms with Crippen molar-refractivity contribution in [3.8, 4) is 0 Å². The molecule has 1 heteroatoms. The van der Waals surface area contributed by atoms with Crippen molar-refractivity contribution in [2.24, 2.45) is 17.3 Å². The maximum absolute atomic E-state index is 9.60. The average molecular weight is 152 g/mol. The van der Waals surface area contributed by atoms with E-state index < -0.39 is 0 Å². The minimum absolute atomic E-state index is 0.151. The molecule has 0 heterocycles. The molecule has 0 aromatic heterocycles. The number of hydrogen-bond donors (Lipinski definition) is 1. The Kier molecular flexibility index (Phi) is 1.40. The van der Waals surface area contributed by atoms with Crippen molar-refractivity contribution in [2.75, 3.05) is 0 Å². The molecule has 1 N–H and O–H groups in total. The molecule has 1 nitrogen and oxygen atoms in total. The smallest absolute Gasteiger partial charge is 0.0571 e. The van der Waals surface area contributed by atoms with Gasteiger partial charge in [-0.3, -0.25) is 0 Å². The average Bonchev–Trinajstić information content (AvgIpc) is 2.45. The van der Waals surface area contributed by atoms with Gasteiger partial charge >= 0.3 is 0 Å². The number of rotatable bonds is 1.